The van der Waals surface area contributed by atoms with E-state index in [2.05, 4.69) is 27.8 Å². The Balaban J connectivity index is 1.06. The monoisotopic (exact) mass is 602 g/mol. The van der Waals surface area contributed by atoms with Crippen molar-refractivity contribution in [2.24, 2.45) is 4.99 Å². The molecule has 0 fully saturated rings. The summed E-state index contributed by atoms with van der Waals surface area (Å²) >= 11 is 1.66. The minimum atomic E-state index is -0.307. The molecule has 2 heterocycles. The highest BCUT2D eigenvalue weighted by atomic mass is 32.1. The molecule has 5 aromatic rings. The highest BCUT2D eigenvalue weighted by Crippen LogP contribution is 2.39. The van der Waals surface area contributed by atoms with Gasteiger partial charge in [0.05, 0.1) is 39.5 Å². The van der Waals surface area contributed by atoms with Crippen molar-refractivity contribution in [2.75, 3.05) is 46.1 Å². The molecular formula is C32H34N4O6S. The van der Waals surface area contributed by atoms with Crippen LogP contribution in [0.25, 0.3) is 41.7 Å². The Labute approximate surface area is 251 Å². The fraction of sp³-hybridized carbons (Fsp3) is 0.375. The second kappa shape index (κ2) is 14.8. The van der Waals surface area contributed by atoms with Crippen LogP contribution < -0.4 is 21.8 Å². The molecule has 10 nitrogen and oxygen atoms in total. The number of nitrogens with zero attached hydrogens (tertiary/aromatic N) is 2. The summed E-state index contributed by atoms with van der Waals surface area (Å²) in [6.07, 6.45) is 5.14. The summed E-state index contributed by atoms with van der Waals surface area (Å²) in [5.74, 6) is 0. The third kappa shape index (κ3) is 7.09. The number of aromatic nitrogens is 1. The third-order valence-electron chi connectivity index (χ3n) is 7.38. The highest BCUT2D eigenvalue weighted by molar-refractivity contribution is 7.25. The quantitative estimate of drug-likeness (QED) is 0.0561. The SMILES string of the molecule is O=C=NCCCCCCNC(=O)NCCOCCOCCn1c(=O)c2ccc3sc4ccccc4c4ccc(c1=O)c2c34. The van der Waals surface area contributed by atoms with E-state index in [-0.39, 0.29) is 30.3 Å². The number of amides is 2. The Bertz CT molecular complexity index is 1850. The first-order chi connectivity index (χ1) is 21.1. The van der Waals surface area contributed by atoms with Crippen LogP contribution in [0.3, 0.4) is 0 Å². The third-order valence-corrected chi connectivity index (χ3v) is 8.52. The molecule has 5 rings (SSSR count). The first-order valence-electron chi connectivity index (χ1n) is 14.5. The number of carbonyl (C=O) groups is 1. The number of fused-ring (bicyclic) bond motifs is 2. The van der Waals surface area contributed by atoms with E-state index in [1.807, 2.05) is 36.4 Å². The van der Waals surface area contributed by atoms with Gasteiger partial charge in [-0.2, -0.15) is 0 Å². The van der Waals surface area contributed by atoms with Gasteiger partial charge < -0.3 is 20.1 Å². The summed E-state index contributed by atoms with van der Waals surface area (Å²) in [7, 11) is 0. The van der Waals surface area contributed by atoms with Gasteiger partial charge >= 0.3 is 6.03 Å². The molecule has 2 aromatic heterocycles. The standard InChI is InChI=1S/C32H34N4O6S/c37-21-33-13-5-1-2-6-14-34-32(40)35-15-17-41-19-20-42-18-16-36-30(38)24-10-9-23-22-7-3-4-8-26(22)43-27-12-11-25(31(36)39)28(24)29(23)27/h3-4,7-12H,1-2,5-6,13-20H2,(H2,34,35,40). The van der Waals surface area contributed by atoms with Crippen molar-refractivity contribution in [1.82, 2.24) is 15.2 Å². The molecule has 0 radical (unpaired) electrons. The van der Waals surface area contributed by atoms with E-state index < -0.39 is 0 Å². The molecule has 0 atom stereocenters. The predicted octanol–water partition coefficient (Wildman–Crippen LogP) is 4.55. The van der Waals surface area contributed by atoms with Crippen LogP contribution in [-0.4, -0.2) is 62.7 Å². The van der Waals surface area contributed by atoms with E-state index in [4.69, 9.17) is 9.47 Å². The minimum absolute atomic E-state index is 0.147. The van der Waals surface area contributed by atoms with Gasteiger partial charge in [-0.1, -0.05) is 37.1 Å². The van der Waals surface area contributed by atoms with Crippen molar-refractivity contribution >= 4 is 65.2 Å². The molecule has 2 N–H and O–H groups in total. The largest absolute Gasteiger partial charge is 0.377 e. The number of carbonyl (C=O) groups excluding carboxylic acids is 2. The summed E-state index contributed by atoms with van der Waals surface area (Å²) in [5.41, 5.74) is -0.614. The molecule has 0 unspecified atom stereocenters. The fourth-order valence-corrected chi connectivity index (χ4v) is 6.43. The van der Waals surface area contributed by atoms with E-state index in [1.54, 1.807) is 11.3 Å². The first-order valence-corrected chi connectivity index (χ1v) is 15.4. The topological polar surface area (TPSA) is 128 Å². The number of hydrogen-bond acceptors (Lipinski definition) is 8. The van der Waals surface area contributed by atoms with Crippen LogP contribution in [0.5, 0.6) is 0 Å². The van der Waals surface area contributed by atoms with E-state index in [1.165, 1.54) is 10.6 Å². The van der Waals surface area contributed by atoms with Crippen LogP contribution in [-0.2, 0) is 20.8 Å². The van der Waals surface area contributed by atoms with Crippen molar-refractivity contribution in [3.63, 3.8) is 0 Å². The maximum atomic E-state index is 13.4. The minimum Gasteiger partial charge on any atom is -0.377 e. The van der Waals surface area contributed by atoms with E-state index in [0.717, 1.165) is 56.6 Å². The molecule has 0 aliphatic heterocycles. The zero-order valence-electron chi connectivity index (χ0n) is 23.9. The van der Waals surface area contributed by atoms with Gasteiger partial charge in [0.25, 0.3) is 11.1 Å². The molecule has 0 spiro atoms. The molecule has 224 valence electrons. The van der Waals surface area contributed by atoms with Crippen molar-refractivity contribution in [3.05, 3.63) is 69.2 Å². The Morgan fingerprint density at radius 3 is 2.26 bits per heavy atom. The van der Waals surface area contributed by atoms with Gasteiger partial charge in [-0.05, 0) is 47.9 Å². The highest BCUT2D eigenvalue weighted by Gasteiger charge is 2.18. The van der Waals surface area contributed by atoms with Crippen molar-refractivity contribution in [3.8, 4) is 0 Å². The van der Waals surface area contributed by atoms with Gasteiger partial charge in [-0.25, -0.2) is 14.6 Å². The number of isocyanates is 1. The average molecular weight is 603 g/mol. The van der Waals surface area contributed by atoms with E-state index in [0.29, 0.717) is 50.2 Å². The van der Waals surface area contributed by atoms with Crippen molar-refractivity contribution in [1.29, 1.82) is 0 Å². The summed E-state index contributed by atoms with van der Waals surface area (Å²) in [6.45, 7) is 2.76. The fourth-order valence-electron chi connectivity index (χ4n) is 5.31. The number of nitrogens with one attached hydrogen (secondary N) is 2. The maximum absolute atomic E-state index is 13.4. The normalized spacial score (nSPS) is 11.4. The number of pyridine rings is 1. The van der Waals surface area contributed by atoms with E-state index >= 15 is 0 Å². The second-order valence-electron chi connectivity index (χ2n) is 10.2. The lowest BCUT2D eigenvalue weighted by molar-refractivity contribution is 0.0460. The molecule has 43 heavy (non-hydrogen) atoms. The predicted molar refractivity (Wildman–Crippen MR) is 171 cm³/mol. The van der Waals surface area contributed by atoms with Crippen LogP contribution >= 0.6 is 11.3 Å². The zero-order chi connectivity index (χ0) is 30.0. The second-order valence-corrected chi connectivity index (χ2v) is 11.3. The molecule has 0 bridgehead atoms. The Morgan fingerprint density at radius 2 is 1.44 bits per heavy atom. The van der Waals surface area contributed by atoms with Crippen LogP contribution in [0.2, 0.25) is 0 Å². The summed E-state index contributed by atoms with van der Waals surface area (Å²) in [4.78, 5) is 52.1. The number of rotatable bonds is 16. The van der Waals surface area contributed by atoms with Crippen LogP contribution in [0.4, 0.5) is 4.79 Å². The van der Waals surface area contributed by atoms with Gasteiger partial charge in [0.2, 0.25) is 6.08 Å². The molecule has 0 aliphatic carbocycles. The molecule has 0 saturated heterocycles. The molecule has 11 heteroatoms. The summed E-state index contributed by atoms with van der Waals surface area (Å²) < 4.78 is 14.6. The number of urea groups is 1. The molecule has 0 aliphatic rings. The lowest BCUT2D eigenvalue weighted by atomic mass is 9.98. The molecule has 3 aromatic carbocycles. The number of hydrogen-bond donors (Lipinski definition) is 2. The maximum Gasteiger partial charge on any atom is 0.314 e. The summed E-state index contributed by atoms with van der Waals surface area (Å²) in [5, 5.41) is 10.5. The van der Waals surface area contributed by atoms with Crippen LogP contribution in [0.1, 0.15) is 25.7 Å². The van der Waals surface area contributed by atoms with Crippen LogP contribution in [0.15, 0.2) is 63.1 Å². The lowest BCUT2D eigenvalue weighted by Crippen LogP contribution is -2.37. The Kier molecular flexibility index (Phi) is 10.5. The van der Waals surface area contributed by atoms with E-state index in [9.17, 15) is 19.2 Å². The molecule has 0 saturated carbocycles. The Hall–Kier alpha value is -4.15. The van der Waals surface area contributed by atoms with Crippen LogP contribution in [0, 0.1) is 0 Å². The Morgan fingerprint density at radius 1 is 0.744 bits per heavy atom. The molecule has 2 amide bonds. The van der Waals surface area contributed by atoms with Crippen molar-refractivity contribution < 1.29 is 19.1 Å². The van der Waals surface area contributed by atoms with Gasteiger partial charge in [0.15, 0.2) is 0 Å². The number of benzene rings is 3. The molecular weight excluding hydrogens is 568 g/mol. The van der Waals surface area contributed by atoms with Gasteiger partial charge in [-0.15, -0.1) is 11.3 Å². The smallest absolute Gasteiger partial charge is 0.314 e. The first kappa shape index (κ1) is 30.3. The summed E-state index contributed by atoms with van der Waals surface area (Å²) in [6, 6.07) is 15.6. The number of unbranched alkanes of at least 4 members (excludes halogenated alkanes) is 3. The number of ether oxygens (including phenoxy) is 2. The average Bonchev–Trinajstić information content (AvgIpc) is 3.02. The number of aliphatic imine (C=N–C) groups is 1. The van der Waals surface area contributed by atoms with Crippen molar-refractivity contribution in [2.45, 2.75) is 32.2 Å². The van der Waals surface area contributed by atoms with Gasteiger partial charge in [0.1, 0.15) is 0 Å². The van der Waals surface area contributed by atoms with Gasteiger partial charge in [0, 0.05) is 44.0 Å². The van der Waals surface area contributed by atoms with Gasteiger partial charge in [-0.3, -0.25) is 14.2 Å². The lowest BCUT2D eigenvalue weighted by Gasteiger charge is -2.14. The zero-order valence-corrected chi connectivity index (χ0v) is 24.7.